The summed E-state index contributed by atoms with van der Waals surface area (Å²) in [6.07, 6.45) is 2.11. The average Bonchev–Trinajstić information content (AvgIpc) is 2.26. The lowest BCUT2D eigenvalue weighted by Crippen LogP contribution is -2.41. The molecule has 17 heavy (non-hydrogen) atoms. The first-order chi connectivity index (χ1) is 7.99. The lowest BCUT2D eigenvalue weighted by atomic mass is 9.98. The Morgan fingerprint density at radius 1 is 1.47 bits per heavy atom. The van der Waals surface area contributed by atoms with Crippen molar-refractivity contribution in [2.45, 2.75) is 39.2 Å². The molecule has 1 fully saturated rings. The SMILES string of the molecule is CC(C)NC(=O)CCN1CCCC(C(=O)O)C1. The van der Waals surface area contributed by atoms with Crippen molar-refractivity contribution in [1.29, 1.82) is 0 Å². The Kier molecular flexibility index (Phi) is 5.41. The molecule has 1 amide bonds. The van der Waals surface area contributed by atoms with Gasteiger partial charge >= 0.3 is 5.97 Å². The Morgan fingerprint density at radius 2 is 2.18 bits per heavy atom. The number of carboxylic acids is 1. The van der Waals surface area contributed by atoms with Gasteiger partial charge in [-0.15, -0.1) is 0 Å². The third-order valence-electron chi connectivity index (χ3n) is 2.96. The van der Waals surface area contributed by atoms with E-state index in [1.165, 1.54) is 0 Å². The van der Waals surface area contributed by atoms with Gasteiger partial charge in [0.15, 0.2) is 0 Å². The van der Waals surface area contributed by atoms with Gasteiger partial charge in [0, 0.05) is 25.6 Å². The number of nitrogens with zero attached hydrogens (tertiary/aromatic N) is 1. The van der Waals surface area contributed by atoms with Crippen LogP contribution in [0, 0.1) is 5.92 Å². The minimum atomic E-state index is -0.721. The van der Waals surface area contributed by atoms with E-state index in [1.807, 2.05) is 13.8 Å². The van der Waals surface area contributed by atoms with Crippen molar-refractivity contribution in [1.82, 2.24) is 10.2 Å². The number of hydrogen-bond donors (Lipinski definition) is 2. The van der Waals surface area contributed by atoms with Crippen LogP contribution in [0.25, 0.3) is 0 Å². The summed E-state index contributed by atoms with van der Waals surface area (Å²) in [6.45, 7) is 5.99. The molecular weight excluding hydrogens is 220 g/mol. The second-order valence-electron chi connectivity index (χ2n) is 4.95. The fourth-order valence-corrected chi connectivity index (χ4v) is 2.11. The van der Waals surface area contributed by atoms with Gasteiger partial charge in [0.05, 0.1) is 5.92 Å². The van der Waals surface area contributed by atoms with E-state index in [9.17, 15) is 9.59 Å². The van der Waals surface area contributed by atoms with E-state index in [1.54, 1.807) is 0 Å². The zero-order chi connectivity index (χ0) is 12.8. The van der Waals surface area contributed by atoms with Crippen molar-refractivity contribution in [2.75, 3.05) is 19.6 Å². The first kappa shape index (κ1) is 14.0. The Morgan fingerprint density at radius 3 is 2.76 bits per heavy atom. The predicted molar refractivity (Wildman–Crippen MR) is 64.7 cm³/mol. The molecule has 1 aliphatic heterocycles. The number of nitrogens with one attached hydrogen (secondary N) is 1. The van der Waals surface area contributed by atoms with Crippen molar-refractivity contribution in [2.24, 2.45) is 5.92 Å². The highest BCUT2D eigenvalue weighted by molar-refractivity contribution is 5.76. The molecule has 0 aromatic carbocycles. The largest absolute Gasteiger partial charge is 0.481 e. The zero-order valence-corrected chi connectivity index (χ0v) is 10.6. The van der Waals surface area contributed by atoms with Crippen molar-refractivity contribution in [3.8, 4) is 0 Å². The number of carbonyl (C=O) groups is 2. The van der Waals surface area contributed by atoms with Crippen LogP contribution in [-0.2, 0) is 9.59 Å². The summed E-state index contributed by atoms with van der Waals surface area (Å²) in [7, 11) is 0. The Balaban J connectivity index is 2.27. The Labute approximate surface area is 102 Å². The molecule has 2 N–H and O–H groups in total. The standard InChI is InChI=1S/C12H22N2O3/c1-9(2)13-11(15)5-7-14-6-3-4-10(8-14)12(16)17/h9-10H,3-8H2,1-2H3,(H,13,15)(H,16,17). The molecule has 1 unspecified atom stereocenters. The van der Waals surface area contributed by atoms with Gasteiger partial charge in [-0.25, -0.2) is 0 Å². The number of carboxylic acid groups (broad SMARTS) is 1. The van der Waals surface area contributed by atoms with E-state index in [0.29, 0.717) is 19.5 Å². The van der Waals surface area contributed by atoms with Gasteiger partial charge in [-0.2, -0.15) is 0 Å². The van der Waals surface area contributed by atoms with Crippen molar-refractivity contribution in [3.05, 3.63) is 0 Å². The van der Waals surface area contributed by atoms with Crippen LogP contribution >= 0.6 is 0 Å². The van der Waals surface area contributed by atoms with Crippen LogP contribution in [0.3, 0.4) is 0 Å². The number of aliphatic carboxylic acids is 1. The number of likely N-dealkylation sites (tertiary alicyclic amines) is 1. The maximum atomic E-state index is 11.5. The number of rotatable bonds is 5. The summed E-state index contributed by atoms with van der Waals surface area (Å²) in [5.74, 6) is -0.948. The predicted octanol–water partition coefficient (Wildman–Crippen LogP) is 0.698. The zero-order valence-electron chi connectivity index (χ0n) is 10.6. The lowest BCUT2D eigenvalue weighted by Gasteiger charge is -2.30. The van der Waals surface area contributed by atoms with Crippen LogP contribution in [0.2, 0.25) is 0 Å². The van der Waals surface area contributed by atoms with Crippen molar-refractivity contribution >= 4 is 11.9 Å². The topological polar surface area (TPSA) is 69.6 Å². The summed E-state index contributed by atoms with van der Waals surface area (Å²) in [5, 5.41) is 11.8. The van der Waals surface area contributed by atoms with Gasteiger partial charge in [-0.05, 0) is 33.2 Å². The molecule has 0 saturated carbocycles. The van der Waals surface area contributed by atoms with E-state index < -0.39 is 5.97 Å². The van der Waals surface area contributed by atoms with E-state index in [2.05, 4.69) is 10.2 Å². The molecular formula is C12H22N2O3. The Bertz CT molecular complexity index is 279. The quantitative estimate of drug-likeness (QED) is 0.744. The van der Waals surface area contributed by atoms with Crippen molar-refractivity contribution < 1.29 is 14.7 Å². The summed E-state index contributed by atoms with van der Waals surface area (Å²) >= 11 is 0. The molecule has 0 bridgehead atoms. The molecule has 5 heteroatoms. The van der Waals surface area contributed by atoms with E-state index in [0.717, 1.165) is 19.4 Å². The normalized spacial score (nSPS) is 21.5. The van der Waals surface area contributed by atoms with E-state index in [-0.39, 0.29) is 17.9 Å². The molecule has 0 aromatic rings. The molecule has 1 aliphatic rings. The van der Waals surface area contributed by atoms with Gasteiger partial charge in [0.2, 0.25) is 5.91 Å². The van der Waals surface area contributed by atoms with Crippen LogP contribution in [0.15, 0.2) is 0 Å². The fourth-order valence-electron chi connectivity index (χ4n) is 2.11. The molecule has 5 nitrogen and oxygen atoms in total. The minimum absolute atomic E-state index is 0.0393. The smallest absolute Gasteiger partial charge is 0.307 e. The highest BCUT2D eigenvalue weighted by atomic mass is 16.4. The minimum Gasteiger partial charge on any atom is -0.481 e. The molecule has 0 aromatic heterocycles. The molecule has 1 heterocycles. The van der Waals surface area contributed by atoms with Gasteiger partial charge in [0.25, 0.3) is 0 Å². The molecule has 0 radical (unpaired) electrons. The first-order valence-electron chi connectivity index (χ1n) is 6.23. The first-order valence-corrected chi connectivity index (χ1v) is 6.23. The third-order valence-corrected chi connectivity index (χ3v) is 2.96. The van der Waals surface area contributed by atoms with Crippen LogP contribution in [0.4, 0.5) is 0 Å². The fraction of sp³-hybridized carbons (Fsp3) is 0.833. The lowest BCUT2D eigenvalue weighted by molar-refractivity contribution is -0.143. The highest BCUT2D eigenvalue weighted by Crippen LogP contribution is 2.16. The number of carbonyl (C=O) groups excluding carboxylic acids is 1. The second kappa shape index (κ2) is 6.59. The van der Waals surface area contributed by atoms with Crippen LogP contribution in [0.1, 0.15) is 33.1 Å². The van der Waals surface area contributed by atoms with Gasteiger partial charge < -0.3 is 15.3 Å². The maximum Gasteiger partial charge on any atom is 0.307 e. The highest BCUT2D eigenvalue weighted by Gasteiger charge is 2.25. The molecule has 1 saturated heterocycles. The molecule has 1 atom stereocenters. The average molecular weight is 242 g/mol. The summed E-state index contributed by atoms with van der Waals surface area (Å²) in [5.41, 5.74) is 0. The monoisotopic (exact) mass is 242 g/mol. The maximum absolute atomic E-state index is 11.5. The summed E-state index contributed by atoms with van der Waals surface area (Å²) in [6, 6.07) is 0.163. The Hall–Kier alpha value is -1.10. The second-order valence-corrected chi connectivity index (χ2v) is 4.95. The van der Waals surface area contributed by atoms with E-state index >= 15 is 0 Å². The molecule has 0 spiro atoms. The van der Waals surface area contributed by atoms with Gasteiger partial charge in [-0.1, -0.05) is 0 Å². The number of hydrogen-bond acceptors (Lipinski definition) is 3. The van der Waals surface area contributed by atoms with Crippen LogP contribution in [-0.4, -0.2) is 47.6 Å². The molecule has 0 aliphatic carbocycles. The molecule has 1 rings (SSSR count). The summed E-state index contributed by atoms with van der Waals surface area (Å²) in [4.78, 5) is 24.4. The van der Waals surface area contributed by atoms with Gasteiger partial charge in [-0.3, -0.25) is 9.59 Å². The summed E-state index contributed by atoms with van der Waals surface area (Å²) < 4.78 is 0. The number of piperidine rings is 1. The molecule has 98 valence electrons. The van der Waals surface area contributed by atoms with Gasteiger partial charge in [0.1, 0.15) is 0 Å². The van der Waals surface area contributed by atoms with Crippen LogP contribution in [0.5, 0.6) is 0 Å². The van der Waals surface area contributed by atoms with Crippen molar-refractivity contribution in [3.63, 3.8) is 0 Å². The van der Waals surface area contributed by atoms with E-state index in [4.69, 9.17) is 5.11 Å². The van der Waals surface area contributed by atoms with Crippen LogP contribution < -0.4 is 5.32 Å². The number of amides is 1. The third kappa shape index (κ3) is 5.17.